The van der Waals surface area contributed by atoms with Crippen LogP contribution in [0.3, 0.4) is 0 Å². The van der Waals surface area contributed by atoms with E-state index in [4.69, 9.17) is 4.74 Å². The number of carbonyl (C=O) groups excluding carboxylic acids is 2. The Morgan fingerprint density at radius 2 is 2.16 bits per heavy atom. The largest absolute Gasteiger partial charge is 0.452 e. The van der Waals surface area contributed by atoms with Crippen LogP contribution in [0.2, 0.25) is 0 Å². The van der Waals surface area contributed by atoms with E-state index in [1.165, 1.54) is 6.07 Å². The molecule has 0 heterocycles. The maximum Gasteiger partial charge on any atom is 0.339 e. The van der Waals surface area contributed by atoms with Crippen LogP contribution in [-0.4, -0.2) is 24.5 Å². The molecule has 0 radical (unpaired) electrons. The molecule has 1 rings (SSSR count). The van der Waals surface area contributed by atoms with Gasteiger partial charge in [-0.2, -0.15) is 0 Å². The number of hydrogen-bond donors (Lipinski definition) is 1. The minimum absolute atomic E-state index is 0.0313. The molecule has 0 fully saturated rings. The fraction of sp³-hybridized carbons (Fsp3) is 0.385. The van der Waals surface area contributed by atoms with Gasteiger partial charge in [0.2, 0.25) is 0 Å². The van der Waals surface area contributed by atoms with Crippen molar-refractivity contribution in [3.63, 3.8) is 0 Å². The lowest BCUT2D eigenvalue weighted by atomic mass is 10.2. The van der Waals surface area contributed by atoms with Gasteiger partial charge in [0.25, 0.3) is 5.91 Å². The molecule has 1 atom stereocenters. The summed E-state index contributed by atoms with van der Waals surface area (Å²) < 4.78 is 18.0. The summed E-state index contributed by atoms with van der Waals surface area (Å²) in [6.07, 6.45) is 0.795. The van der Waals surface area contributed by atoms with Crippen molar-refractivity contribution in [2.45, 2.75) is 26.3 Å². The molecule has 0 spiro atoms. The minimum atomic E-state index is -0.675. The Kier molecular flexibility index (Phi) is 5.95. The Hall–Kier alpha value is -1.43. The molecule has 1 aromatic rings. The number of hydrogen-bond acceptors (Lipinski definition) is 3. The third kappa shape index (κ3) is 4.98. The highest BCUT2D eigenvalue weighted by Crippen LogP contribution is 2.18. The van der Waals surface area contributed by atoms with E-state index in [1.54, 1.807) is 0 Å². The molecule has 104 valence electrons. The van der Waals surface area contributed by atoms with Crippen molar-refractivity contribution in [2.24, 2.45) is 0 Å². The Bertz CT molecular complexity index is 479. The molecule has 1 N–H and O–H groups in total. The van der Waals surface area contributed by atoms with Gasteiger partial charge in [-0.1, -0.05) is 6.92 Å². The van der Waals surface area contributed by atoms with E-state index in [0.29, 0.717) is 4.47 Å². The normalized spacial score (nSPS) is 11.8. The van der Waals surface area contributed by atoms with Crippen LogP contribution in [0.5, 0.6) is 0 Å². The summed E-state index contributed by atoms with van der Waals surface area (Å²) in [4.78, 5) is 23.1. The van der Waals surface area contributed by atoms with Crippen LogP contribution in [0.25, 0.3) is 0 Å². The number of esters is 1. The van der Waals surface area contributed by atoms with Crippen LogP contribution in [-0.2, 0) is 9.53 Å². The van der Waals surface area contributed by atoms with E-state index in [-0.39, 0.29) is 24.1 Å². The zero-order valence-electron chi connectivity index (χ0n) is 10.7. The second-order valence-electron chi connectivity index (χ2n) is 4.08. The molecular formula is C13H15BrFNO3. The first-order valence-corrected chi connectivity index (χ1v) is 6.64. The number of nitrogens with one attached hydrogen (secondary N) is 1. The standard InChI is InChI=1S/C13H15BrFNO3/c1-3-8(2)16-12(17)7-19-13(18)10-5-4-9(15)6-11(10)14/h4-6,8H,3,7H2,1-2H3,(H,16,17)/t8-/m0/s1. The number of benzene rings is 1. The SMILES string of the molecule is CC[C@H](C)NC(=O)COC(=O)c1ccc(F)cc1Br. The van der Waals surface area contributed by atoms with Crippen LogP contribution in [0.1, 0.15) is 30.6 Å². The second kappa shape index (κ2) is 7.23. The highest BCUT2D eigenvalue weighted by atomic mass is 79.9. The molecule has 0 aromatic heterocycles. The average molecular weight is 332 g/mol. The first-order valence-electron chi connectivity index (χ1n) is 5.85. The zero-order chi connectivity index (χ0) is 14.4. The fourth-order valence-corrected chi connectivity index (χ4v) is 1.80. The maximum absolute atomic E-state index is 12.9. The van der Waals surface area contributed by atoms with Gasteiger partial charge >= 0.3 is 5.97 Å². The van der Waals surface area contributed by atoms with Gasteiger partial charge in [-0.3, -0.25) is 4.79 Å². The van der Waals surface area contributed by atoms with Crippen molar-refractivity contribution in [1.82, 2.24) is 5.32 Å². The van der Waals surface area contributed by atoms with Crippen LogP contribution < -0.4 is 5.32 Å². The molecule has 0 saturated heterocycles. The lowest BCUT2D eigenvalue weighted by Gasteiger charge is -2.11. The van der Waals surface area contributed by atoms with Gasteiger partial charge in [-0.15, -0.1) is 0 Å². The quantitative estimate of drug-likeness (QED) is 0.844. The van der Waals surface area contributed by atoms with E-state index in [1.807, 2.05) is 13.8 Å². The molecule has 1 amide bonds. The van der Waals surface area contributed by atoms with Gasteiger partial charge in [-0.05, 0) is 47.5 Å². The van der Waals surface area contributed by atoms with Crippen LogP contribution in [0.4, 0.5) is 4.39 Å². The average Bonchev–Trinajstić information content (AvgIpc) is 2.35. The summed E-state index contributed by atoms with van der Waals surface area (Å²) in [6.45, 7) is 3.44. The number of ether oxygens (including phenoxy) is 1. The van der Waals surface area contributed by atoms with E-state index in [2.05, 4.69) is 21.2 Å². The van der Waals surface area contributed by atoms with Crippen molar-refractivity contribution < 1.29 is 18.7 Å². The summed E-state index contributed by atoms with van der Waals surface area (Å²) in [5.74, 6) is -1.50. The van der Waals surface area contributed by atoms with Crippen molar-refractivity contribution in [3.05, 3.63) is 34.1 Å². The lowest BCUT2D eigenvalue weighted by molar-refractivity contribution is -0.124. The molecule has 0 bridgehead atoms. The van der Waals surface area contributed by atoms with E-state index < -0.39 is 11.8 Å². The third-order valence-corrected chi connectivity index (χ3v) is 3.16. The summed E-state index contributed by atoms with van der Waals surface area (Å²) in [5.41, 5.74) is 0.178. The number of halogens is 2. The van der Waals surface area contributed by atoms with Gasteiger partial charge in [-0.25, -0.2) is 9.18 Å². The molecule has 0 aliphatic carbocycles. The first kappa shape index (κ1) is 15.6. The molecule has 0 aliphatic rings. The monoisotopic (exact) mass is 331 g/mol. The number of amides is 1. The van der Waals surface area contributed by atoms with E-state index in [0.717, 1.165) is 18.6 Å². The smallest absolute Gasteiger partial charge is 0.339 e. The lowest BCUT2D eigenvalue weighted by Crippen LogP contribution is -2.35. The summed E-state index contributed by atoms with van der Waals surface area (Å²) in [7, 11) is 0. The molecule has 1 aromatic carbocycles. The highest BCUT2D eigenvalue weighted by molar-refractivity contribution is 9.10. The van der Waals surface area contributed by atoms with Gasteiger partial charge in [0.1, 0.15) is 5.82 Å². The van der Waals surface area contributed by atoms with Crippen LogP contribution in [0, 0.1) is 5.82 Å². The predicted octanol–water partition coefficient (Wildman–Crippen LogP) is 2.66. The summed E-state index contributed by atoms with van der Waals surface area (Å²) >= 11 is 3.06. The fourth-order valence-electron chi connectivity index (χ4n) is 1.28. The van der Waals surface area contributed by atoms with Crippen LogP contribution >= 0.6 is 15.9 Å². The molecule has 0 unspecified atom stereocenters. The first-order chi connectivity index (χ1) is 8.93. The third-order valence-electron chi connectivity index (χ3n) is 2.51. The maximum atomic E-state index is 12.9. The summed E-state index contributed by atoms with van der Waals surface area (Å²) in [5, 5.41) is 2.67. The Labute approximate surface area is 119 Å². The molecule has 6 heteroatoms. The molecule has 0 saturated carbocycles. The molecule has 19 heavy (non-hydrogen) atoms. The Morgan fingerprint density at radius 3 is 2.74 bits per heavy atom. The van der Waals surface area contributed by atoms with Crippen LogP contribution in [0.15, 0.2) is 22.7 Å². The predicted molar refractivity (Wildman–Crippen MR) is 72.3 cm³/mol. The second-order valence-corrected chi connectivity index (χ2v) is 4.93. The molecule has 4 nitrogen and oxygen atoms in total. The Morgan fingerprint density at radius 1 is 1.47 bits per heavy atom. The minimum Gasteiger partial charge on any atom is -0.452 e. The topological polar surface area (TPSA) is 55.4 Å². The van der Waals surface area contributed by atoms with Gasteiger partial charge in [0.05, 0.1) is 5.56 Å². The molecule has 0 aliphatic heterocycles. The van der Waals surface area contributed by atoms with E-state index in [9.17, 15) is 14.0 Å². The van der Waals surface area contributed by atoms with Gasteiger partial charge in [0.15, 0.2) is 6.61 Å². The van der Waals surface area contributed by atoms with Crippen molar-refractivity contribution in [3.8, 4) is 0 Å². The van der Waals surface area contributed by atoms with Gasteiger partial charge in [0, 0.05) is 10.5 Å². The van der Waals surface area contributed by atoms with Gasteiger partial charge < -0.3 is 10.1 Å². The number of carbonyl (C=O) groups is 2. The van der Waals surface area contributed by atoms with Crippen molar-refractivity contribution >= 4 is 27.8 Å². The highest BCUT2D eigenvalue weighted by Gasteiger charge is 2.14. The summed E-state index contributed by atoms with van der Waals surface area (Å²) in [6, 6.07) is 3.65. The van der Waals surface area contributed by atoms with E-state index >= 15 is 0 Å². The number of rotatable bonds is 5. The van der Waals surface area contributed by atoms with Crippen molar-refractivity contribution in [1.29, 1.82) is 0 Å². The molecular weight excluding hydrogens is 317 g/mol. The Balaban J connectivity index is 2.54. The zero-order valence-corrected chi connectivity index (χ0v) is 12.3. The van der Waals surface area contributed by atoms with Crippen molar-refractivity contribution in [2.75, 3.05) is 6.61 Å².